The molecule has 9 nitrogen and oxygen atoms in total. The van der Waals surface area contributed by atoms with E-state index in [-0.39, 0.29) is 11.5 Å². The van der Waals surface area contributed by atoms with E-state index in [1.165, 1.54) is 31.4 Å². The molecular formula is C14H14O9. The van der Waals surface area contributed by atoms with Crippen LogP contribution in [0.1, 0.15) is 5.56 Å². The van der Waals surface area contributed by atoms with Crippen LogP contribution in [0.5, 0.6) is 11.5 Å². The molecular weight excluding hydrogens is 312 g/mol. The lowest BCUT2D eigenvalue weighted by Crippen LogP contribution is -2.41. The number of aliphatic hydroxyl groups is 2. The zero-order chi connectivity index (χ0) is 17.6. The van der Waals surface area contributed by atoms with Gasteiger partial charge in [0.25, 0.3) is 0 Å². The Labute approximate surface area is 130 Å². The van der Waals surface area contributed by atoms with Gasteiger partial charge in [-0.2, -0.15) is 0 Å². The fourth-order valence-electron chi connectivity index (χ4n) is 1.42. The van der Waals surface area contributed by atoms with Crippen LogP contribution in [0.3, 0.4) is 0 Å². The van der Waals surface area contributed by atoms with Crippen LogP contribution in [0.2, 0.25) is 0 Å². The second kappa shape index (κ2) is 7.92. The van der Waals surface area contributed by atoms with Gasteiger partial charge in [0.1, 0.15) is 0 Å². The number of carbonyl (C=O) groups is 3. The van der Waals surface area contributed by atoms with E-state index in [9.17, 15) is 19.5 Å². The molecule has 0 spiro atoms. The zero-order valence-corrected chi connectivity index (χ0v) is 11.9. The minimum Gasteiger partial charge on any atom is -0.504 e. The standard InChI is InChI=1S/C14H14O9/c1-22-9-6-7(2-4-8(9)15)3-5-10(16)23-14(21)12(18)11(17)13(19)20/h2-6,11-12,15,17-18H,1H3,(H,19,20)/b5-3+/t11-,12-/m1/s1. The van der Waals surface area contributed by atoms with Crippen molar-refractivity contribution in [3.05, 3.63) is 29.8 Å². The van der Waals surface area contributed by atoms with Crippen LogP contribution in [0.25, 0.3) is 6.08 Å². The van der Waals surface area contributed by atoms with E-state index in [2.05, 4.69) is 4.74 Å². The fraction of sp³-hybridized carbons (Fsp3) is 0.214. The van der Waals surface area contributed by atoms with Gasteiger partial charge in [-0.1, -0.05) is 6.07 Å². The minimum absolute atomic E-state index is 0.104. The Balaban J connectivity index is 2.69. The summed E-state index contributed by atoms with van der Waals surface area (Å²) in [5, 5.41) is 35.9. The van der Waals surface area contributed by atoms with Gasteiger partial charge in [-0.15, -0.1) is 0 Å². The number of aliphatic hydroxyl groups excluding tert-OH is 2. The zero-order valence-electron chi connectivity index (χ0n) is 11.9. The number of aromatic hydroxyl groups is 1. The number of carbonyl (C=O) groups excluding carboxylic acids is 2. The molecule has 0 saturated carbocycles. The third kappa shape index (κ3) is 5.09. The molecule has 0 fully saturated rings. The van der Waals surface area contributed by atoms with E-state index < -0.39 is 30.1 Å². The number of methoxy groups -OCH3 is 1. The normalized spacial score (nSPS) is 13.3. The quantitative estimate of drug-likeness (QED) is 0.302. The smallest absolute Gasteiger partial charge is 0.346 e. The van der Waals surface area contributed by atoms with Crippen LogP contribution < -0.4 is 4.74 Å². The molecule has 0 aromatic heterocycles. The molecule has 1 aromatic carbocycles. The number of phenols is 1. The van der Waals surface area contributed by atoms with Gasteiger partial charge in [-0.25, -0.2) is 14.4 Å². The largest absolute Gasteiger partial charge is 0.504 e. The predicted molar refractivity (Wildman–Crippen MR) is 74.4 cm³/mol. The number of rotatable bonds is 6. The van der Waals surface area contributed by atoms with E-state index >= 15 is 0 Å². The van der Waals surface area contributed by atoms with Crippen LogP contribution >= 0.6 is 0 Å². The second-order valence-corrected chi connectivity index (χ2v) is 4.23. The number of hydrogen-bond donors (Lipinski definition) is 4. The van der Waals surface area contributed by atoms with Gasteiger partial charge in [0.2, 0.25) is 0 Å². The molecule has 23 heavy (non-hydrogen) atoms. The van der Waals surface area contributed by atoms with Crippen molar-refractivity contribution in [3.63, 3.8) is 0 Å². The number of benzene rings is 1. The summed E-state index contributed by atoms with van der Waals surface area (Å²) in [6.45, 7) is 0. The Bertz CT molecular complexity index is 635. The molecule has 4 N–H and O–H groups in total. The first kappa shape index (κ1) is 18.1. The minimum atomic E-state index is -2.40. The van der Waals surface area contributed by atoms with Crippen molar-refractivity contribution in [1.29, 1.82) is 0 Å². The molecule has 0 unspecified atom stereocenters. The van der Waals surface area contributed by atoms with E-state index in [0.717, 1.165) is 6.08 Å². The first-order valence-electron chi connectivity index (χ1n) is 6.16. The number of phenolic OH excluding ortho intramolecular Hbond substituents is 1. The summed E-state index contributed by atoms with van der Waals surface area (Å²) in [5.41, 5.74) is 0.440. The van der Waals surface area contributed by atoms with Gasteiger partial charge in [0, 0.05) is 6.08 Å². The number of carboxylic acids is 1. The SMILES string of the molecule is COc1cc(/C=C/C(=O)OC(=O)[C@H](O)[C@@H](O)C(=O)O)ccc1O. The maximum Gasteiger partial charge on any atom is 0.346 e. The van der Waals surface area contributed by atoms with Gasteiger partial charge < -0.3 is 29.9 Å². The van der Waals surface area contributed by atoms with Gasteiger partial charge in [0.05, 0.1) is 7.11 Å². The van der Waals surface area contributed by atoms with E-state index in [0.29, 0.717) is 5.56 Å². The molecule has 1 rings (SSSR count). The molecule has 0 radical (unpaired) electrons. The molecule has 0 heterocycles. The van der Waals surface area contributed by atoms with Crippen LogP contribution in [-0.2, 0) is 19.1 Å². The number of ether oxygens (including phenoxy) is 2. The fourth-order valence-corrected chi connectivity index (χ4v) is 1.42. The van der Waals surface area contributed by atoms with Crippen molar-refractivity contribution in [1.82, 2.24) is 0 Å². The molecule has 1 aromatic rings. The lowest BCUT2D eigenvalue weighted by molar-refractivity contribution is -0.173. The molecule has 0 aliphatic rings. The lowest BCUT2D eigenvalue weighted by Gasteiger charge is -2.11. The Kier molecular flexibility index (Phi) is 6.24. The monoisotopic (exact) mass is 326 g/mol. The lowest BCUT2D eigenvalue weighted by atomic mass is 10.2. The van der Waals surface area contributed by atoms with Crippen molar-refractivity contribution < 1.29 is 44.3 Å². The van der Waals surface area contributed by atoms with E-state index in [1.54, 1.807) is 0 Å². The summed E-state index contributed by atoms with van der Waals surface area (Å²) in [6.07, 6.45) is -2.72. The Hall–Kier alpha value is -2.91. The van der Waals surface area contributed by atoms with Crippen LogP contribution in [0.15, 0.2) is 24.3 Å². The highest BCUT2D eigenvalue weighted by molar-refractivity contribution is 5.97. The van der Waals surface area contributed by atoms with Crippen LogP contribution in [0, 0.1) is 0 Å². The van der Waals surface area contributed by atoms with Gasteiger partial charge in [0.15, 0.2) is 23.7 Å². The summed E-state index contributed by atoms with van der Waals surface area (Å²) in [7, 11) is 1.34. The van der Waals surface area contributed by atoms with Crippen molar-refractivity contribution >= 4 is 24.0 Å². The first-order chi connectivity index (χ1) is 10.8. The Morgan fingerprint density at radius 3 is 2.39 bits per heavy atom. The maximum absolute atomic E-state index is 11.4. The summed E-state index contributed by atoms with van der Waals surface area (Å²) >= 11 is 0. The summed E-state index contributed by atoms with van der Waals surface area (Å²) in [6, 6.07) is 4.18. The topological polar surface area (TPSA) is 151 Å². The molecule has 0 bridgehead atoms. The molecule has 0 saturated heterocycles. The summed E-state index contributed by atoms with van der Waals surface area (Å²) in [5.74, 6) is -4.56. The van der Waals surface area contributed by atoms with Gasteiger partial charge >= 0.3 is 17.9 Å². The third-order valence-corrected chi connectivity index (χ3v) is 2.61. The van der Waals surface area contributed by atoms with Crippen molar-refractivity contribution in [3.8, 4) is 11.5 Å². The van der Waals surface area contributed by atoms with Crippen LogP contribution in [0.4, 0.5) is 0 Å². The van der Waals surface area contributed by atoms with Gasteiger partial charge in [-0.05, 0) is 23.8 Å². The van der Waals surface area contributed by atoms with E-state index in [4.69, 9.17) is 20.1 Å². The number of hydrogen-bond acceptors (Lipinski definition) is 8. The van der Waals surface area contributed by atoms with Gasteiger partial charge in [-0.3, -0.25) is 0 Å². The van der Waals surface area contributed by atoms with Crippen LogP contribution in [-0.4, -0.2) is 57.7 Å². The van der Waals surface area contributed by atoms with Crippen molar-refractivity contribution in [2.45, 2.75) is 12.2 Å². The molecule has 2 atom stereocenters. The molecule has 9 heteroatoms. The summed E-state index contributed by atoms with van der Waals surface area (Å²) < 4.78 is 9.03. The Morgan fingerprint density at radius 2 is 1.83 bits per heavy atom. The number of carboxylic acid groups (broad SMARTS) is 1. The highest BCUT2D eigenvalue weighted by Gasteiger charge is 2.32. The molecule has 124 valence electrons. The van der Waals surface area contributed by atoms with E-state index in [1.807, 2.05) is 0 Å². The second-order valence-electron chi connectivity index (χ2n) is 4.23. The maximum atomic E-state index is 11.4. The molecule has 0 amide bonds. The molecule has 0 aliphatic heterocycles. The Morgan fingerprint density at radius 1 is 1.17 bits per heavy atom. The van der Waals surface area contributed by atoms with Crippen molar-refractivity contribution in [2.75, 3.05) is 7.11 Å². The summed E-state index contributed by atoms with van der Waals surface area (Å²) in [4.78, 5) is 33.0. The highest BCUT2D eigenvalue weighted by Crippen LogP contribution is 2.26. The predicted octanol–water partition coefficient (Wildman–Crippen LogP) is -0.710. The highest BCUT2D eigenvalue weighted by atomic mass is 16.6. The van der Waals surface area contributed by atoms with Crippen molar-refractivity contribution in [2.24, 2.45) is 0 Å². The average molecular weight is 326 g/mol. The average Bonchev–Trinajstić information content (AvgIpc) is 2.52. The third-order valence-electron chi connectivity index (χ3n) is 2.61. The first-order valence-corrected chi connectivity index (χ1v) is 6.16. The molecule has 0 aliphatic carbocycles. The number of esters is 2. The number of aliphatic carboxylic acids is 1.